The second kappa shape index (κ2) is 5.45. The summed E-state index contributed by atoms with van der Waals surface area (Å²) in [6.07, 6.45) is 1.20. The number of amides is 3. The Labute approximate surface area is 118 Å². The molecule has 5 heteroatoms. The van der Waals surface area contributed by atoms with Gasteiger partial charge in [0.25, 0.3) is 5.91 Å². The smallest absolute Gasteiger partial charge is 0.323 e. The van der Waals surface area contributed by atoms with Crippen molar-refractivity contribution >= 4 is 17.7 Å². The first kappa shape index (κ1) is 14.2. The van der Waals surface area contributed by atoms with E-state index in [9.17, 15) is 14.4 Å². The minimum absolute atomic E-state index is 0.161. The van der Waals surface area contributed by atoms with E-state index in [0.29, 0.717) is 12.8 Å². The highest BCUT2D eigenvalue weighted by molar-refractivity contribution is 6.08. The van der Waals surface area contributed by atoms with Crippen LogP contribution in [0.3, 0.4) is 0 Å². The number of nitrogens with zero attached hydrogens (tertiary/aromatic N) is 1. The molecule has 0 bridgehead atoms. The van der Waals surface area contributed by atoms with Crippen molar-refractivity contribution in [1.82, 2.24) is 10.2 Å². The van der Waals surface area contributed by atoms with Crippen LogP contribution in [0.1, 0.15) is 25.8 Å². The Morgan fingerprint density at radius 2 is 1.90 bits per heavy atom. The highest BCUT2D eigenvalue weighted by atomic mass is 16.2. The van der Waals surface area contributed by atoms with Crippen LogP contribution in [-0.4, -0.2) is 34.7 Å². The molecule has 0 spiro atoms. The number of urea groups is 1. The molecule has 2 rings (SSSR count). The molecule has 106 valence electrons. The minimum Gasteiger partial charge on any atom is -0.323 e. The number of hydrogen-bond acceptors (Lipinski definition) is 3. The lowest BCUT2D eigenvalue weighted by atomic mass is 9.93. The van der Waals surface area contributed by atoms with E-state index in [1.165, 1.54) is 6.92 Å². The van der Waals surface area contributed by atoms with E-state index < -0.39 is 11.6 Å². The number of hydrogen-bond donors (Lipinski definition) is 1. The van der Waals surface area contributed by atoms with Gasteiger partial charge < -0.3 is 5.32 Å². The van der Waals surface area contributed by atoms with Crippen LogP contribution in [-0.2, 0) is 16.0 Å². The van der Waals surface area contributed by atoms with Gasteiger partial charge in [0, 0.05) is 0 Å². The van der Waals surface area contributed by atoms with Crippen molar-refractivity contribution < 1.29 is 14.4 Å². The molecule has 1 aliphatic heterocycles. The van der Waals surface area contributed by atoms with Crippen LogP contribution in [0.5, 0.6) is 0 Å². The monoisotopic (exact) mass is 274 g/mol. The van der Waals surface area contributed by atoms with Crippen LogP contribution in [0.2, 0.25) is 0 Å². The van der Waals surface area contributed by atoms with E-state index in [1.54, 1.807) is 6.92 Å². The van der Waals surface area contributed by atoms with Gasteiger partial charge in [-0.1, -0.05) is 30.3 Å². The number of ketones is 1. The summed E-state index contributed by atoms with van der Waals surface area (Å²) in [6.45, 7) is 2.90. The number of Topliss-reactive ketones (excluding diaryl/α,β-unsaturated/α-hetero) is 1. The maximum absolute atomic E-state index is 12.3. The largest absolute Gasteiger partial charge is 0.325 e. The topological polar surface area (TPSA) is 66.5 Å². The van der Waals surface area contributed by atoms with Gasteiger partial charge in [-0.15, -0.1) is 0 Å². The minimum atomic E-state index is -0.928. The van der Waals surface area contributed by atoms with E-state index in [-0.39, 0.29) is 18.2 Å². The van der Waals surface area contributed by atoms with Gasteiger partial charge in [0.1, 0.15) is 11.3 Å². The highest BCUT2D eigenvalue weighted by Gasteiger charge is 2.47. The van der Waals surface area contributed by atoms with Gasteiger partial charge in [0.15, 0.2) is 0 Å². The SMILES string of the molecule is CC(=O)CN1C(=O)N[C@](C)(CCc2ccccc2)C1=O. The fourth-order valence-corrected chi connectivity index (χ4v) is 2.32. The maximum atomic E-state index is 12.3. The van der Waals surface area contributed by atoms with E-state index in [2.05, 4.69) is 5.32 Å². The molecule has 1 aliphatic rings. The molecule has 1 heterocycles. The Hall–Kier alpha value is -2.17. The summed E-state index contributed by atoms with van der Waals surface area (Å²) in [5.74, 6) is -0.533. The van der Waals surface area contributed by atoms with Crippen LogP contribution in [0.25, 0.3) is 0 Å². The third-order valence-corrected chi connectivity index (χ3v) is 3.48. The maximum Gasteiger partial charge on any atom is 0.325 e. The van der Waals surface area contributed by atoms with Crippen molar-refractivity contribution in [2.45, 2.75) is 32.2 Å². The molecule has 0 aromatic heterocycles. The molecule has 1 aromatic rings. The summed E-state index contributed by atoms with van der Waals surface area (Å²) in [7, 11) is 0. The Kier molecular flexibility index (Phi) is 3.88. The number of rotatable bonds is 5. The first-order chi connectivity index (χ1) is 9.42. The Balaban J connectivity index is 2.05. The third kappa shape index (κ3) is 2.87. The lowest BCUT2D eigenvalue weighted by Gasteiger charge is -2.21. The van der Waals surface area contributed by atoms with E-state index in [0.717, 1.165) is 10.5 Å². The molecule has 0 saturated carbocycles. The van der Waals surface area contributed by atoms with Crippen molar-refractivity contribution in [3.05, 3.63) is 35.9 Å². The second-order valence-corrected chi connectivity index (χ2v) is 5.34. The van der Waals surface area contributed by atoms with Gasteiger partial charge in [0.05, 0.1) is 6.54 Å². The van der Waals surface area contributed by atoms with E-state index >= 15 is 0 Å². The Morgan fingerprint density at radius 1 is 1.25 bits per heavy atom. The number of imide groups is 1. The van der Waals surface area contributed by atoms with Crippen molar-refractivity contribution in [2.24, 2.45) is 0 Å². The number of carbonyl (C=O) groups excluding carboxylic acids is 3. The zero-order chi connectivity index (χ0) is 14.8. The fraction of sp³-hybridized carbons (Fsp3) is 0.400. The summed E-state index contributed by atoms with van der Waals surface area (Å²) in [5, 5.41) is 2.69. The molecule has 0 unspecified atom stereocenters. The predicted octanol–water partition coefficient (Wildman–Crippen LogP) is 1.52. The summed E-state index contributed by atoms with van der Waals surface area (Å²) >= 11 is 0. The van der Waals surface area contributed by atoms with Crippen LogP contribution in [0.4, 0.5) is 4.79 Å². The summed E-state index contributed by atoms with van der Waals surface area (Å²) < 4.78 is 0. The zero-order valence-corrected chi connectivity index (χ0v) is 11.7. The first-order valence-corrected chi connectivity index (χ1v) is 6.60. The average molecular weight is 274 g/mol. The molecular formula is C15H18N2O3. The van der Waals surface area contributed by atoms with Gasteiger partial charge in [-0.2, -0.15) is 0 Å². The number of aryl methyl sites for hydroxylation is 1. The lowest BCUT2D eigenvalue weighted by molar-refractivity contribution is -0.133. The quantitative estimate of drug-likeness (QED) is 0.828. The fourth-order valence-electron chi connectivity index (χ4n) is 2.32. The Morgan fingerprint density at radius 3 is 2.50 bits per heavy atom. The van der Waals surface area contributed by atoms with Crippen LogP contribution >= 0.6 is 0 Å². The summed E-state index contributed by atoms with van der Waals surface area (Å²) in [5.41, 5.74) is 0.184. The van der Waals surface area contributed by atoms with Crippen LogP contribution in [0, 0.1) is 0 Å². The highest BCUT2D eigenvalue weighted by Crippen LogP contribution is 2.23. The molecule has 20 heavy (non-hydrogen) atoms. The van der Waals surface area contributed by atoms with Crippen LogP contribution < -0.4 is 5.32 Å². The van der Waals surface area contributed by atoms with E-state index in [1.807, 2.05) is 30.3 Å². The molecule has 0 aliphatic carbocycles. The van der Waals surface area contributed by atoms with E-state index in [4.69, 9.17) is 0 Å². The number of carbonyl (C=O) groups is 3. The lowest BCUT2D eigenvalue weighted by Crippen LogP contribution is -2.44. The molecule has 1 atom stereocenters. The average Bonchev–Trinajstić information content (AvgIpc) is 2.62. The van der Waals surface area contributed by atoms with Gasteiger partial charge in [-0.3, -0.25) is 14.5 Å². The van der Waals surface area contributed by atoms with Gasteiger partial charge in [0.2, 0.25) is 0 Å². The molecular weight excluding hydrogens is 256 g/mol. The molecule has 5 nitrogen and oxygen atoms in total. The second-order valence-electron chi connectivity index (χ2n) is 5.34. The summed E-state index contributed by atoms with van der Waals surface area (Å²) in [4.78, 5) is 36.2. The summed E-state index contributed by atoms with van der Waals surface area (Å²) in [6, 6.07) is 9.29. The van der Waals surface area contributed by atoms with Crippen molar-refractivity contribution in [2.75, 3.05) is 6.54 Å². The molecule has 0 radical (unpaired) electrons. The van der Waals surface area contributed by atoms with Crippen molar-refractivity contribution in [3.8, 4) is 0 Å². The zero-order valence-electron chi connectivity index (χ0n) is 11.7. The number of nitrogens with one attached hydrogen (secondary N) is 1. The molecule has 1 aromatic carbocycles. The van der Waals surface area contributed by atoms with Gasteiger partial charge >= 0.3 is 6.03 Å². The molecule has 1 N–H and O–H groups in total. The van der Waals surface area contributed by atoms with Crippen molar-refractivity contribution in [3.63, 3.8) is 0 Å². The molecule has 1 saturated heterocycles. The van der Waals surface area contributed by atoms with Crippen LogP contribution in [0.15, 0.2) is 30.3 Å². The molecule has 1 fully saturated rings. The molecule has 3 amide bonds. The van der Waals surface area contributed by atoms with Gasteiger partial charge in [-0.25, -0.2) is 4.79 Å². The normalized spacial score (nSPS) is 22.0. The van der Waals surface area contributed by atoms with Gasteiger partial charge in [-0.05, 0) is 32.3 Å². The van der Waals surface area contributed by atoms with Crippen molar-refractivity contribution in [1.29, 1.82) is 0 Å². The Bertz CT molecular complexity index is 541. The first-order valence-electron chi connectivity index (χ1n) is 6.60. The number of benzene rings is 1. The predicted molar refractivity (Wildman–Crippen MR) is 74.1 cm³/mol. The standard InChI is InChI=1S/C15H18N2O3/c1-11(18)10-17-13(19)15(2,16-14(17)20)9-8-12-6-4-3-5-7-12/h3-7H,8-10H2,1-2H3,(H,16,20)/t15-/m1/s1. The third-order valence-electron chi connectivity index (χ3n) is 3.48.